The Labute approximate surface area is 344 Å². The number of hydrogen-bond donors (Lipinski definition) is 0. The molecule has 0 unspecified atom stereocenters. The highest BCUT2D eigenvalue weighted by Gasteiger charge is 2.47. The minimum absolute atomic E-state index is 0.0363. The average molecular weight is 751 g/mol. The third-order valence-electron chi connectivity index (χ3n) is 14.9. The van der Waals surface area contributed by atoms with E-state index in [1.165, 1.54) is 127 Å². The molecular formula is C56H39BN2. The summed E-state index contributed by atoms with van der Waals surface area (Å²) in [5.41, 5.74) is 22.5. The third-order valence-corrected chi connectivity index (χ3v) is 14.9. The molecular weight excluding hydrogens is 711 g/mol. The quantitative estimate of drug-likeness (QED) is 0.152. The fourth-order valence-corrected chi connectivity index (χ4v) is 12.3. The minimum atomic E-state index is -0.141. The lowest BCUT2D eigenvalue weighted by Gasteiger charge is -2.42. The van der Waals surface area contributed by atoms with Gasteiger partial charge in [0.15, 0.2) is 0 Å². The molecule has 1 aromatic heterocycles. The highest BCUT2D eigenvalue weighted by molar-refractivity contribution is 6.90. The van der Waals surface area contributed by atoms with Crippen LogP contribution in [-0.2, 0) is 10.8 Å². The summed E-state index contributed by atoms with van der Waals surface area (Å²) in [6.45, 7) is 9.56. The number of nitrogens with zero attached hydrogens (tertiary/aromatic N) is 2. The maximum atomic E-state index is 2.73. The molecule has 0 bridgehead atoms. The molecule has 0 fully saturated rings. The lowest BCUT2D eigenvalue weighted by Crippen LogP contribution is -2.57. The molecule has 0 amide bonds. The summed E-state index contributed by atoms with van der Waals surface area (Å²) in [6.07, 6.45) is 0. The summed E-state index contributed by atoms with van der Waals surface area (Å²) < 4.78 is 2.73. The second-order valence-electron chi connectivity index (χ2n) is 18.4. The molecule has 0 atom stereocenters. The standard InChI is InChI=1S/C56H39BN2/c1-55(2)44-22-11-9-18-37(44)41-29-34(25-26-46(41)55)58-50-30-42-38-19-10-12-23-45(38)56(3,4)47(42)31-48(50)57-52-43(28-33-15-6-8-17-36(33)54(52)58)39-20-13-21-40-51-35-16-7-5-14-32(35)24-27-49(51)59(57)53(39)40/h5-31H,1-4H3. The number of anilines is 3. The van der Waals surface area contributed by atoms with Gasteiger partial charge in [-0.15, -0.1) is 0 Å². The van der Waals surface area contributed by atoms with Gasteiger partial charge in [0.25, 0.3) is 0 Å². The van der Waals surface area contributed by atoms with Crippen LogP contribution in [0.3, 0.4) is 0 Å². The molecule has 9 aromatic carbocycles. The van der Waals surface area contributed by atoms with Crippen molar-refractivity contribution in [2.75, 3.05) is 4.90 Å². The Morgan fingerprint density at radius 3 is 1.86 bits per heavy atom. The van der Waals surface area contributed by atoms with E-state index in [-0.39, 0.29) is 17.7 Å². The summed E-state index contributed by atoms with van der Waals surface area (Å²) in [4.78, 5) is 2.65. The van der Waals surface area contributed by atoms with Gasteiger partial charge in [0, 0.05) is 55.0 Å². The molecule has 2 aliphatic carbocycles. The summed E-state index contributed by atoms with van der Waals surface area (Å²) in [5, 5.41) is 7.81. The number of rotatable bonds is 1. The molecule has 0 N–H and O–H groups in total. The Bertz CT molecular complexity index is 3580. The zero-order valence-electron chi connectivity index (χ0n) is 33.6. The topological polar surface area (TPSA) is 8.17 Å². The van der Waals surface area contributed by atoms with Gasteiger partial charge in [0.2, 0.25) is 0 Å². The highest BCUT2D eigenvalue weighted by atomic mass is 15.2. The molecule has 4 aliphatic rings. The number of fused-ring (bicyclic) bond motifs is 17. The summed E-state index contributed by atoms with van der Waals surface area (Å²) in [6, 6.07) is 62.9. The van der Waals surface area contributed by atoms with Gasteiger partial charge in [-0.25, -0.2) is 0 Å². The highest BCUT2D eigenvalue weighted by Crippen LogP contribution is 2.55. The van der Waals surface area contributed by atoms with Gasteiger partial charge in [-0.3, -0.25) is 0 Å². The fraction of sp³-hybridized carbons (Fsp3) is 0.107. The van der Waals surface area contributed by atoms with Crippen molar-refractivity contribution in [2.24, 2.45) is 0 Å². The van der Waals surface area contributed by atoms with E-state index in [1.54, 1.807) is 0 Å². The molecule has 59 heavy (non-hydrogen) atoms. The molecule has 10 aromatic rings. The molecule has 2 nitrogen and oxygen atoms in total. The summed E-state index contributed by atoms with van der Waals surface area (Å²) >= 11 is 0. The van der Waals surface area contributed by atoms with Crippen LogP contribution in [0.4, 0.5) is 17.1 Å². The molecule has 3 heterocycles. The van der Waals surface area contributed by atoms with E-state index in [2.05, 4.69) is 201 Å². The Hall–Kier alpha value is -6.84. The lowest BCUT2D eigenvalue weighted by molar-refractivity contribution is 0.660. The van der Waals surface area contributed by atoms with Crippen LogP contribution < -0.4 is 15.8 Å². The second-order valence-corrected chi connectivity index (χ2v) is 18.4. The summed E-state index contributed by atoms with van der Waals surface area (Å²) in [5.74, 6) is 0. The molecule has 0 saturated carbocycles. The van der Waals surface area contributed by atoms with Crippen molar-refractivity contribution in [3.05, 3.63) is 186 Å². The van der Waals surface area contributed by atoms with Crippen molar-refractivity contribution < 1.29 is 0 Å². The van der Waals surface area contributed by atoms with E-state index < -0.39 is 0 Å². The van der Waals surface area contributed by atoms with Crippen LogP contribution in [0.5, 0.6) is 0 Å². The number of para-hydroxylation sites is 1. The van der Waals surface area contributed by atoms with E-state index >= 15 is 0 Å². The summed E-state index contributed by atoms with van der Waals surface area (Å²) in [7, 11) is 0. The first-order valence-corrected chi connectivity index (χ1v) is 21.1. The van der Waals surface area contributed by atoms with Gasteiger partial charge < -0.3 is 9.38 Å². The van der Waals surface area contributed by atoms with Crippen molar-refractivity contribution in [1.29, 1.82) is 0 Å². The predicted octanol–water partition coefficient (Wildman–Crippen LogP) is 13.1. The zero-order valence-corrected chi connectivity index (χ0v) is 33.6. The molecule has 0 radical (unpaired) electrons. The van der Waals surface area contributed by atoms with E-state index in [9.17, 15) is 0 Å². The van der Waals surface area contributed by atoms with Crippen molar-refractivity contribution in [3.8, 4) is 33.4 Å². The van der Waals surface area contributed by atoms with Gasteiger partial charge in [0.1, 0.15) is 0 Å². The monoisotopic (exact) mass is 750 g/mol. The Morgan fingerprint density at radius 1 is 0.441 bits per heavy atom. The first-order chi connectivity index (χ1) is 28.8. The molecule has 0 saturated heterocycles. The van der Waals surface area contributed by atoms with E-state index in [0.717, 1.165) is 0 Å². The first-order valence-electron chi connectivity index (χ1n) is 21.1. The van der Waals surface area contributed by atoms with Gasteiger partial charge in [-0.05, 0) is 107 Å². The van der Waals surface area contributed by atoms with Crippen LogP contribution in [0.15, 0.2) is 164 Å². The van der Waals surface area contributed by atoms with Gasteiger partial charge in [-0.2, -0.15) is 0 Å². The molecule has 2 aliphatic heterocycles. The zero-order chi connectivity index (χ0) is 39.1. The van der Waals surface area contributed by atoms with Crippen LogP contribution in [-0.4, -0.2) is 11.3 Å². The molecule has 3 heteroatoms. The Morgan fingerprint density at radius 2 is 1.07 bits per heavy atom. The maximum Gasteiger partial charge on any atom is 0.333 e. The van der Waals surface area contributed by atoms with Crippen LogP contribution in [0, 0.1) is 0 Å². The maximum absolute atomic E-state index is 2.73. The van der Waals surface area contributed by atoms with Crippen LogP contribution in [0.25, 0.3) is 76.7 Å². The SMILES string of the molecule is CC1(C)c2ccccc2-c2cc(N3c4cc5c(cc4B4c6c(cc7ccccc7c63)-c3cccc6c7c8ccccc8ccc7n4c36)C(C)(C)c3ccccc3-5)ccc21. The number of aromatic nitrogens is 1. The molecule has 14 rings (SSSR count). The number of benzene rings is 9. The normalized spacial score (nSPS) is 15.7. The van der Waals surface area contributed by atoms with Crippen molar-refractivity contribution in [3.63, 3.8) is 0 Å². The Balaban J connectivity index is 1.17. The molecule has 276 valence electrons. The van der Waals surface area contributed by atoms with E-state index in [0.29, 0.717) is 0 Å². The smallest absolute Gasteiger partial charge is 0.333 e. The molecule has 0 spiro atoms. The van der Waals surface area contributed by atoms with Crippen molar-refractivity contribution in [1.82, 2.24) is 4.48 Å². The number of hydrogen-bond acceptors (Lipinski definition) is 1. The second kappa shape index (κ2) is 10.6. The van der Waals surface area contributed by atoms with Crippen LogP contribution in [0.2, 0.25) is 0 Å². The fourth-order valence-electron chi connectivity index (χ4n) is 12.3. The van der Waals surface area contributed by atoms with Crippen LogP contribution >= 0.6 is 0 Å². The van der Waals surface area contributed by atoms with Gasteiger partial charge >= 0.3 is 6.85 Å². The van der Waals surface area contributed by atoms with Crippen LogP contribution in [0.1, 0.15) is 49.9 Å². The van der Waals surface area contributed by atoms with E-state index in [4.69, 9.17) is 0 Å². The van der Waals surface area contributed by atoms with E-state index in [1.807, 2.05) is 0 Å². The third kappa shape index (κ3) is 3.77. The van der Waals surface area contributed by atoms with Gasteiger partial charge in [0.05, 0.1) is 5.69 Å². The lowest BCUT2D eigenvalue weighted by atomic mass is 9.44. The first kappa shape index (κ1) is 32.2. The Kier molecular flexibility index (Phi) is 5.78. The van der Waals surface area contributed by atoms with Crippen molar-refractivity contribution >= 4 is 78.2 Å². The predicted molar refractivity (Wildman–Crippen MR) is 250 cm³/mol. The largest absolute Gasteiger partial charge is 0.375 e. The van der Waals surface area contributed by atoms with Gasteiger partial charge in [-0.1, -0.05) is 161 Å². The minimum Gasteiger partial charge on any atom is -0.375 e. The average Bonchev–Trinajstić information content (AvgIpc) is 3.81. The van der Waals surface area contributed by atoms with Crippen molar-refractivity contribution in [2.45, 2.75) is 38.5 Å².